The fourth-order valence-electron chi connectivity index (χ4n) is 2.57. The van der Waals surface area contributed by atoms with E-state index in [4.69, 9.17) is 4.74 Å². The SMILES string of the molecule is O=C(N/N=C\c1ccc(F)cc1F)c1cccc(S(=O)(=O)N2CCOCC2)c1. The topological polar surface area (TPSA) is 88.1 Å². The van der Waals surface area contributed by atoms with E-state index in [-0.39, 0.29) is 29.1 Å². The minimum Gasteiger partial charge on any atom is -0.379 e. The molecule has 1 fully saturated rings. The number of halogens is 2. The number of nitrogens with zero attached hydrogens (tertiary/aromatic N) is 2. The summed E-state index contributed by atoms with van der Waals surface area (Å²) in [7, 11) is -3.74. The summed E-state index contributed by atoms with van der Waals surface area (Å²) in [6, 6.07) is 8.46. The first kappa shape index (κ1) is 20.1. The molecule has 3 rings (SSSR count). The molecule has 1 amide bonds. The fraction of sp³-hybridized carbons (Fsp3) is 0.222. The molecule has 2 aromatic carbocycles. The number of hydrazone groups is 1. The molecular formula is C18H17F2N3O4S. The van der Waals surface area contributed by atoms with E-state index >= 15 is 0 Å². The van der Waals surface area contributed by atoms with Gasteiger partial charge in [0.2, 0.25) is 10.0 Å². The zero-order chi connectivity index (χ0) is 20.1. The maximum absolute atomic E-state index is 13.5. The molecule has 0 aromatic heterocycles. The van der Waals surface area contributed by atoms with Crippen LogP contribution < -0.4 is 5.43 Å². The standard InChI is InChI=1S/C18H17F2N3O4S/c19-15-5-4-14(17(20)11-15)12-21-22-18(24)13-2-1-3-16(10-13)28(25,26)23-6-8-27-9-7-23/h1-5,10-12H,6-9H2,(H,22,24)/b21-12-. The van der Waals surface area contributed by atoms with Gasteiger partial charge in [0.25, 0.3) is 5.91 Å². The van der Waals surface area contributed by atoms with Gasteiger partial charge in [-0.1, -0.05) is 6.07 Å². The van der Waals surface area contributed by atoms with Crippen molar-refractivity contribution in [2.24, 2.45) is 5.10 Å². The number of amides is 1. The van der Waals surface area contributed by atoms with Crippen LogP contribution in [0.25, 0.3) is 0 Å². The number of nitrogens with one attached hydrogen (secondary N) is 1. The lowest BCUT2D eigenvalue weighted by Crippen LogP contribution is -2.40. The molecule has 0 atom stereocenters. The van der Waals surface area contributed by atoms with Gasteiger partial charge in [-0.25, -0.2) is 22.6 Å². The van der Waals surface area contributed by atoms with Crippen LogP contribution in [0, 0.1) is 11.6 Å². The monoisotopic (exact) mass is 409 g/mol. The largest absolute Gasteiger partial charge is 0.379 e. The second-order valence-corrected chi connectivity index (χ2v) is 7.85. The van der Waals surface area contributed by atoms with Gasteiger partial charge in [-0.3, -0.25) is 4.79 Å². The zero-order valence-electron chi connectivity index (χ0n) is 14.6. The van der Waals surface area contributed by atoms with Crippen LogP contribution in [0.4, 0.5) is 8.78 Å². The normalized spacial score (nSPS) is 15.6. The smallest absolute Gasteiger partial charge is 0.271 e. The van der Waals surface area contributed by atoms with Gasteiger partial charge in [-0.15, -0.1) is 0 Å². The maximum Gasteiger partial charge on any atom is 0.271 e. The first-order chi connectivity index (χ1) is 13.4. The van der Waals surface area contributed by atoms with Crippen LogP contribution >= 0.6 is 0 Å². The van der Waals surface area contributed by atoms with Crippen molar-refractivity contribution in [3.05, 3.63) is 65.2 Å². The number of carbonyl (C=O) groups excluding carboxylic acids is 1. The molecule has 0 radical (unpaired) electrons. The molecule has 0 saturated carbocycles. The maximum atomic E-state index is 13.5. The van der Waals surface area contributed by atoms with E-state index in [9.17, 15) is 22.0 Å². The Morgan fingerprint density at radius 1 is 1.14 bits per heavy atom. The summed E-state index contributed by atoms with van der Waals surface area (Å²) in [6.45, 7) is 1.11. The van der Waals surface area contributed by atoms with E-state index in [2.05, 4.69) is 10.5 Å². The second kappa shape index (κ2) is 8.55. The Bertz CT molecular complexity index is 1010. The van der Waals surface area contributed by atoms with E-state index in [1.165, 1.54) is 34.6 Å². The third-order valence-electron chi connectivity index (χ3n) is 4.04. The quantitative estimate of drug-likeness (QED) is 0.602. The number of carbonyl (C=O) groups is 1. The number of hydrogen-bond donors (Lipinski definition) is 1. The lowest BCUT2D eigenvalue weighted by atomic mass is 10.2. The first-order valence-corrected chi connectivity index (χ1v) is 9.78. The van der Waals surface area contributed by atoms with Gasteiger partial charge in [0, 0.05) is 30.3 Å². The van der Waals surface area contributed by atoms with Gasteiger partial charge in [-0.05, 0) is 30.3 Å². The molecule has 1 N–H and O–H groups in total. The molecule has 10 heteroatoms. The van der Waals surface area contributed by atoms with Gasteiger partial charge in [0.05, 0.1) is 24.3 Å². The Morgan fingerprint density at radius 2 is 1.89 bits per heavy atom. The molecule has 1 aliphatic heterocycles. The Kier molecular flexibility index (Phi) is 6.12. The van der Waals surface area contributed by atoms with E-state index in [1.54, 1.807) is 0 Å². The average Bonchev–Trinajstić information content (AvgIpc) is 2.70. The minimum absolute atomic E-state index is 0.00894. The van der Waals surface area contributed by atoms with E-state index < -0.39 is 27.6 Å². The first-order valence-electron chi connectivity index (χ1n) is 8.34. The highest BCUT2D eigenvalue weighted by molar-refractivity contribution is 7.89. The highest BCUT2D eigenvalue weighted by Gasteiger charge is 2.26. The minimum atomic E-state index is -3.74. The van der Waals surface area contributed by atoms with Crippen molar-refractivity contribution in [2.75, 3.05) is 26.3 Å². The van der Waals surface area contributed by atoms with Crippen molar-refractivity contribution in [3.63, 3.8) is 0 Å². The van der Waals surface area contributed by atoms with E-state index in [0.29, 0.717) is 19.3 Å². The molecule has 28 heavy (non-hydrogen) atoms. The predicted molar refractivity (Wildman–Crippen MR) is 97.4 cm³/mol. The van der Waals surface area contributed by atoms with Crippen LogP contribution in [0.5, 0.6) is 0 Å². The molecule has 0 spiro atoms. The molecule has 1 saturated heterocycles. The number of ether oxygens (including phenoxy) is 1. The summed E-state index contributed by atoms with van der Waals surface area (Å²) >= 11 is 0. The number of hydrogen-bond acceptors (Lipinski definition) is 5. The summed E-state index contributed by atoms with van der Waals surface area (Å²) in [4.78, 5) is 12.2. The number of morpholine rings is 1. The molecule has 0 bridgehead atoms. The Balaban J connectivity index is 1.72. The summed E-state index contributed by atoms with van der Waals surface area (Å²) < 4.78 is 58.2. The molecule has 0 unspecified atom stereocenters. The van der Waals surface area contributed by atoms with Gasteiger partial charge < -0.3 is 4.74 Å². The average molecular weight is 409 g/mol. The van der Waals surface area contributed by atoms with Crippen LogP contribution in [-0.4, -0.2) is 51.1 Å². The lowest BCUT2D eigenvalue weighted by molar-refractivity contribution is 0.0730. The van der Waals surface area contributed by atoms with Gasteiger partial charge in [0.1, 0.15) is 11.6 Å². The number of sulfonamides is 1. The van der Waals surface area contributed by atoms with Crippen LogP contribution in [0.1, 0.15) is 15.9 Å². The molecule has 1 aliphatic rings. The molecule has 148 valence electrons. The highest BCUT2D eigenvalue weighted by atomic mass is 32.2. The molecule has 2 aromatic rings. The molecule has 0 aliphatic carbocycles. The Labute approximate surface area is 160 Å². The summed E-state index contributed by atoms with van der Waals surface area (Å²) in [5, 5.41) is 3.63. The lowest BCUT2D eigenvalue weighted by Gasteiger charge is -2.26. The van der Waals surface area contributed by atoms with E-state index in [0.717, 1.165) is 12.3 Å². The van der Waals surface area contributed by atoms with Crippen molar-refractivity contribution >= 4 is 22.1 Å². The van der Waals surface area contributed by atoms with Crippen molar-refractivity contribution in [1.29, 1.82) is 0 Å². The van der Waals surface area contributed by atoms with Crippen molar-refractivity contribution in [1.82, 2.24) is 9.73 Å². The third kappa shape index (κ3) is 4.58. The third-order valence-corrected chi connectivity index (χ3v) is 5.93. The number of benzene rings is 2. The van der Waals surface area contributed by atoms with Gasteiger partial charge in [0.15, 0.2) is 0 Å². The summed E-state index contributed by atoms with van der Waals surface area (Å²) in [6.07, 6.45) is 1.03. The summed E-state index contributed by atoms with van der Waals surface area (Å²) in [5.74, 6) is -2.22. The van der Waals surface area contributed by atoms with Crippen LogP contribution in [-0.2, 0) is 14.8 Å². The predicted octanol–water partition coefficient (Wildman–Crippen LogP) is 1.75. The summed E-state index contributed by atoms with van der Waals surface area (Å²) in [5.41, 5.74) is 2.26. The van der Waals surface area contributed by atoms with Crippen molar-refractivity contribution < 1.29 is 26.7 Å². The Morgan fingerprint density at radius 3 is 2.61 bits per heavy atom. The van der Waals surface area contributed by atoms with Crippen molar-refractivity contribution in [2.45, 2.75) is 4.90 Å². The van der Waals surface area contributed by atoms with Crippen molar-refractivity contribution in [3.8, 4) is 0 Å². The second-order valence-electron chi connectivity index (χ2n) is 5.91. The van der Waals surface area contributed by atoms with Crippen LogP contribution in [0.2, 0.25) is 0 Å². The Hall–Kier alpha value is -2.69. The fourth-order valence-corrected chi connectivity index (χ4v) is 4.02. The van der Waals surface area contributed by atoms with Gasteiger partial charge >= 0.3 is 0 Å². The molecule has 7 nitrogen and oxygen atoms in total. The molecular weight excluding hydrogens is 392 g/mol. The highest BCUT2D eigenvalue weighted by Crippen LogP contribution is 2.18. The molecule has 1 heterocycles. The van der Waals surface area contributed by atoms with Gasteiger partial charge in [-0.2, -0.15) is 9.41 Å². The zero-order valence-corrected chi connectivity index (χ0v) is 15.5. The van der Waals surface area contributed by atoms with Crippen LogP contribution in [0.15, 0.2) is 52.5 Å². The van der Waals surface area contributed by atoms with Crippen LogP contribution in [0.3, 0.4) is 0 Å². The van der Waals surface area contributed by atoms with E-state index in [1.807, 2.05) is 0 Å². The number of rotatable bonds is 5.